The fourth-order valence-corrected chi connectivity index (χ4v) is 2.08. The summed E-state index contributed by atoms with van der Waals surface area (Å²) in [6, 6.07) is 5.48. The summed E-state index contributed by atoms with van der Waals surface area (Å²) >= 11 is 0. The van der Waals surface area contributed by atoms with Crippen LogP contribution in [0.4, 0.5) is 0 Å². The Kier molecular flexibility index (Phi) is 2.67. The summed E-state index contributed by atoms with van der Waals surface area (Å²) in [6.07, 6.45) is 1.92. The normalized spacial score (nSPS) is 12.1. The van der Waals surface area contributed by atoms with Gasteiger partial charge in [0.1, 0.15) is 0 Å². The van der Waals surface area contributed by atoms with E-state index in [1.165, 1.54) is 0 Å². The lowest BCUT2D eigenvalue weighted by Gasteiger charge is -1.98. The minimum absolute atomic E-state index is 0.103. The Balaban J connectivity index is 2.32. The second kappa shape index (κ2) is 3.83. The number of rotatable bonds is 3. The summed E-state index contributed by atoms with van der Waals surface area (Å²) in [5.74, 6) is -0.103. The van der Waals surface area contributed by atoms with Crippen LogP contribution in [0.5, 0.6) is 0 Å². The maximum atomic E-state index is 10.8. The highest BCUT2D eigenvalue weighted by molar-refractivity contribution is 8.13. The highest BCUT2D eigenvalue weighted by Gasteiger charge is 2.10. The Bertz CT molecular complexity index is 576. The lowest BCUT2D eigenvalue weighted by Crippen LogP contribution is -2.01. The topological polar surface area (TPSA) is 60.2 Å². The van der Waals surface area contributed by atoms with Crippen LogP contribution in [0.25, 0.3) is 11.0 Å². The van der Waals surface area contributed by atoms with E-state index in [0.29, 0.717) is 12.0 Å². The third kappa shape index (κ3) is 2.49. The molecule has 0 saturated heterocycles. The molecule has 0 aliphatic rings. The van der Waals surface area contributed by atoms with Crippen molar-refractivity contribution < 1.29 is 12.9 Å². The molecule has 0 amide bonds. The van der Waals surface area contributed by atoms with E-state index in [0.717, 1.165) is 10.9 Å². The van der Waals surface area contributed by atoms with Crippen LogP contribution >= 0.6 is 10.7 Å². The van der Waals surface area contributed by atoms with Crippen molar-refractivity contribution in [2.75, 3.05) is 5.75 Å². The van der Waals surface area contributed by atoms with Gasteiger partial charge in [-0.1, -0.05) is 17.3 Å². The molecule has 0 aliphatic heterocycles. The second-order valence-corrected chi connectivity index (χ2v) is 6.05. The van der Waals surface area contributed by atoms with E-state index < -0.39 is 9.05 Å². The third-order valence-corrected chi connectivity index (χ3v) is 3.23. The first-order valence-electron chi connectivity index (χ1n) is 4.31. The number of halogens is 1. The zero-order chi connectivity index (χ0) is 10.9. The molecule has 0 atom stereocenters. The van der Waals surface area contributed by atoms with Gasteiger partial charge >= 0.3 is 0 Å². The van der Waals surface area contributed by atoms with Crippen molar-refractivity contribution in [2.45, 2.75) is 6.42 Å². The maximum absolute atomic E-state index is 10.8. The largest absolute Gasteiger partial charge is 0.356 e. The third-order valence-electron chi connectivity index (χ3n) is 2.08. The molecule has 4 nitrogen and oxygen atoms in total. The van der Waals surface area contributed by atoms with Gasteiger partial charge in [-0.05, 0) is 18.1 Å². The van der Waals surface area contributed by atoms with E-state index >= 15 is 0 Å². The second-order valence-electron chi connectivity index (χ2n) is 3.15. The summed E-state index contributed by atoms with van der Waals surface area (Å²) in [6.45, 7) is 0. The van der Waals surface area contributed by atoms with E-state index in [4.69, 9.17) is 15.2 Å². The van der Waals surface area contributed by atoms with Gasteiger partial charge in [0.25, 0.3) is 0 Å². The first kappa shape index (κ1) is 10.4. The molecule has 2 aromatic rings. The minimum atomic E-state index is -3.46. The van der Waals surface area contributed by atoms with E-state index in [1.54, 1.807) is 12.3 Å². The van der Waals surface area contributed by atoms with Crippen molar-refractivity contribution >= 4 is 30.7 Å². The van der Waals surface area contributed by atoms with Crippen molar-refractivity contribution in [3.63, 3.8) is 0 Å². The molecule has 1 aromatic heterocycles. The molecule has 0 N–H and O–H groups in total. The van der Waals surface area contributed by atoms with Gasteiger partial charge in [0.05, 0.1) is 11.9 Å². The maximum Gasteiger partial charge on any atom is 0.232 e. The van der Waals surface area contributed by atoms with Crippen molar-refractivity contribution in [1.29, 1.82) is 0 Å². The predicted molar refractivity (Wildman–Crippen MR) is 57.4 cm³/mol. The summed E-state index contributed by atoms with van der Waals surface area (Å²) in [4.78, 5) is 0. The van der Waals surface area contributed by atoms with Crippen LogP contribution < -0.4 is 0 Å². The van der Waals surface area contributed by atoms with Crippen LogP contribution in [0.1, 0.15) is 5.56 Å². The SMILES string of the molecule is O=S(=O)(Cl)CCc1cccc2cnoc12. The van der Waals surface area contributed by atoms with Crippen LogP contribution in [-0.4, -0.2) is 19.3 Å². The monoisotopic (exact) mass is 245 g/mol. The van der Waals surface area contributed by atoms with Gasteiger partial charge in [0.15, 0.2) is 5.58 Å². The highest BCUT2D eigenvalue weighted by atomic mass is 35.7. The summed E-state index contributed by atoms with van der Waals surface area (Å²) in [5, 5.41) is 4.51. The smallest absolute Gasteiger partial charge is 0.232 e. The van der Waals surface area contributed by atoms with Gasteiger partial charge in [-0.2, -0.15) is 0 Å². The number of nitrogens with zero attached hydrogens (tertiary/aromatic N) is 1. The summed E-state index contributed by atoms with van der Waals surface area (Å²) in [7, 11) is 1.67. The molecule has 0 saturated carbocycles. The fourth-order valence-electron chi connectivity index (χ4n) is 1.38. The Morgan fingerprint density at radius 2 is 2.20 bits per heavy atom. The Hall–Kier alpha value is -1.07. The van der Waals surface area contributed by atoms with Crippen LogP contribution in [-0.2, 0) is 15.5 Å². The van der Waals surface area contributed by atoms with Gasteiger partial charge in [0, 0.05) is 16.1 Å². The van der Waals surface area contributed by atoms with Crippen molar-refractivity contribution in [3.05, 3.63) is 30.0 Å². The highest BCUT2D eigenvalue weighted by Crippen LogP contribution is 2.19. The van der Waals surface area contributed by atoms with Gasteiger partial charge in [-0.25, -0.2) is 8.42 Å². The molecular formula is C9H8ClNO3S. The zero-order valence-corrected chi connectivity index (χ0v) is 9.25. The lowest BCUT2D eigenvalue weighted by atomic mass is 10.1. The number of aromatic nitrogens is 1. The van der Waals surface area contributed by atoms with E-state index in [2.05, 4.69) is 5.16 Å². The summed E-state index contributed by atoms with van der Waals surface area (Å²) in [5.41, 5.74) is 1.42. The molecule has 0 aliphatic carbocycles. The van der Waals surface area contributed by atoms with Crippen LogP contribution in [0.3, 0.4) is 0 Å². The molecule has 80 valence electrons. The molecule has 0 radical (unpaired) electrons. The lowest BCUT2D eigenvalue weighted by molar-refractivity contribution is 0.454. The first-order valence-corrected chi connectivity index (χ1v) is 6.79. The number of hydrogen-bond donors (Lipinski definition) is 0. The van der Waals surface area contributed by atoms with Gasteiger partial charge in [0.2, 0.25) is 9.05 Å². The molecule has 6 heteroatoms. The number of para-hydroxylation sites is 1. The number of benzene rings is 1. The Labute approximate surface area is 91.2 Å². The Morgan fingerprint density at radius 3 is 2.93 bits per heavy atom. The van der Waals surface area contributed by atoms with Crippen molar-refractivity contribution in [2.24, 2.45) is 0 Å². The van der Waals surface area contributed by atoms with Crippen LogP contribution in [0, 0.1) is 0 Å². The molecule has 0 unspecified atom stereocenters. The van der Waals surface area contributed by atoms with Crippen LogP contribution in [0.15, 0.2) is 28.9 Å². The standard InChI is InChI=1S/C9H8ClNO3S/c10-15(12,13)5-4-7-2-1-3-8-6-11-14-9(7)8/h1-3,6H,4-5H2. The molecule has 0 spiro atoms. The molecule has 0 bridgehead atoms. The van der Waals surface area contributed by atoms with Gasteiger partial charge in [-0.15, -0.1) is 0 Å². The number of hydrogen-bond acceptors (Lipinski definition) is 4. The first-order chi connectivity index (χ1) is 7.06. The molecular weight excluding hydrogens is 238 g/mol. The quantitative estimate of drug-likeness (QED) is 0.776. The van der Waals surface area contributed by atoms with Crippen molar-refractivity contribution in [3.8, 4) is 0 Å². The van der Waals surface area contributed by atoms with Gasteiger partial charge in [-0.3, -0.25) is 0 Å². The number of aryl methyl sites for hydroxylation is 1. The zero-order valence-electron chi connectivity index (χ0n) is 7.68. The fraction of sp³-hybridized carbons (Fsp3) is 0.222. The van der Waals surface area contributed by atoms with Crippen LogP contribution in [0.2, 0.25) is 0 Å². The summed E-state index contributed by atoms with van der Waals surface area (Å²) < 4.78 is 26.6. The van der Waals surface area contributed by atoms with E-state index in [1.807, 2.05) is 12.1 Å². The number of fused-ring (bicyclic) bond motifs is 1. The average Bonchev–Trinajstić information content (AvgIpc) is 2.61. The Morgan fingerprint density at radius 1 is 1.40 bits per heavy atom. The molecule has 2 rings (SSSR count). The van der Waals surface area contributed by atoms with E-state index in [-0.39, 0.29) is 5.75 Å². The predicted octanol–water partition coefficient (Wildman–Crippen LogP) is 1.94. The molecule has 1 heterocycles. The molecule has 1 aromatic carbocycles. The van der Waals surface area contributed by atoms with Crippen molar-refractivity contribution in [1.82, 2.24) is 5.16 Å². The minimum Gasteiger partial charge on any atom is -0.356 e. The molecule has 15 heavy (non-hydrogen) atoms. The van der Waals surface area contributed by atoms with E-state index in [9.17, 15) is 8.42 Å². The van der Waals surface area contributed by atoms with Gasteiger partial charge < -0.3 is 4.52 Å². The average molecular weight is 246 g/mol. The molecule has 0 fully saturated rings.